The van der Waals surface area contributed by atoms with Crippen LogP contribution in [0.25, 0.3) is 0 Å². The highest BCUT2D eigenvalue weighted by Gasteiger charge is 2.65. The lowest BCUT2D eigenvalue weighted by Crippen LogP contribution is -2.48. The Labute approximate surface area is 176 Å². The first-order chi connectivity index (χ1) is 11.9. The van der Waals surface area contributed by atoms with Gasteiger partial charge in [0.2, 0.25) is 0 Å². The van der Waals surface area contributed by atoms with Crippen molar-refractivity contribution in [1.82, 2.24) is 10.2 Å². The number of hydrogen-bond donors (Lipinski definition) is 1. The average molecular weight is 479 g/mol. The summed E-state index contributed by atoms with van der Waals surface area (Å²) in [4.78, 5) is 6.93. The third-order valence-corrected chi connectivity index (χ3v) is 7.04. The Bertz CT molecular complexity index is 467. The van der Waals surface area contributed by atoms with Crippen molar-refractivity contribution in [2.24, 2.45) is 15.8 Å². The van der Waals surface area contributed by atoms with Gasteiger partial charge in [-0.3, -0.25) is 4.99 Å². The fourth-order valence-corrected chi connectivity index (χ4v) is 4.40. The Balaban J connectivity index is 0.00000243. The number of aliphatic imine (C=N–C) groups is 1. The Morgan fingerprint density at radius 3 is 2.27 bits per heavy atom. The van der Waals surface area contributed by atoms with E-state index in [2.05, 4.69) is 42.9 Å². The molecule has 0 amide bonds. The van der Waals surface area contributed by atoms with Crippen molar-refractivity contribution in [3.05, 3.63) is 0 Å². The van der Waals surface area contributed by atoms with E-state index in [0.717, 1.165) is 51.5 Å². The van der Waals surface area contributed by atoms with E-state index in [1.54, 1.807) is 0 Å². The third-order valence-electron chi connectivity index (χ3n) is 7.04. The van der Waals surface area contributed by atoms with E-state index in [-0.39, 0.29) is 24.0 Å². The summed E-state index contributed by atoms with van der Waals surface area (Å²) in [7, 11) is 1.90. The van der Waals surface area contributed by atoms with E-state index in [1.165, 1.54) is 12.8 Å². The summed E-state index contributed by atoms with van der Waals surface area (Å²) in [6.45, 7) is 13.1. The summed E-state index contributed by atoms with van der Waals surface area (Å²) >= 11 is 0. The predicted molar refractivity (Wildman–Crippen MR) is 117 cm³/mol. The van der Waals surface area contributed by atoms with Crippen LogP contribution >= 0.6 is 24.0 Å². The van der Waals surface area contributed by atoms with Crippen molar-refractivity contribution in [3.63, 3.8) is 0 Å². The molecular formula is C20H38IN3O2. The van der Waals surface area contributed by atoms with Crippen molar-refractivity contribution in [3.8, 4) is 0 Å². The van der Waals surface area contributed by atoms with E-state index in [1.807, 2.05) is 7.05 Å². The number of nitrogens with one attached hydrogen (secondary N) is 1. The van der Waals surface area contributed by atoms with E-state index >= 15 is 0 Å². The molecule has 0 spiro atoms. The molecule has 1 unspecified atom stereocenters. The van der Waals surface area contributed by atoms with Crippen LogP contribution in [0, 0.1) is 10.8 Å². The second-order valence-corrected chi connectivity index (χ2v) is 9.08. The van der Waals surface area contributed by atoms with Crippen LogP contribution in [0.5, 0.6) is 0 Å². The summed E-state index contributed by atoms with van der Waals surface area (Å²) in [5.41, 5.74) is 0.648. The molecule has 2 aliphatic heterocycles. The molecule has 5 nitrogen and oxygen atoms in total. The molecule has 0 aromatic carbocycles. The Morgan fingerprint density at radius 2 is 1.77 bits per heavy atom. The summed E-state index contributed by atoms with van der Waals surface area (Å²) in [6, 6.07) is 0.496. The fourth-order valence-electron chi connectivity index (χ4n) is 4.40. The van der Waals surface area contributed by atoms with Gasteiger partial charge in [-0.1, -0.05) is 27.7 Å². The smallest absolute Gasteiger partial charge is 0.193 e. The summed E-state index contributed by atoms with van der Waals surface area (Å²) < 4.78 is 11.9. The Kier molecular flexibility index (Phi) is 7.64. The van der Waals surface area contributed by atoms with Gasteiger partial charge < -0.3 is 19.7 Å². The average Bonchev–Trinajstić information content (AvgIpc) is 3.00. The van der Waals surface area contributed by atoms with Gasteiger partial charge in [-0.25, -0.2) is 0 Å². The van der Waals surface area contributed by atoms with Crippen molar-refractivity contribution < 1.29 is 9.47 Å². The first-order valence-electron chi connectivity index (χ1n) is 10.1. The molecule has 0 aromatic heterocycles. The largest absolute Gasteiger partial charge is 0.376 e. The molecule has 0 radical (unpaired) electrons. The van der Waals surface area contributed by atoms with Crippen molar-refractivity contribution in [2.45, 2.75) is 78.0 Å². The van der Waals surface area contributed by atoms with Crippen molar-refractivity contribution in [1.29, 1.82) is 0 Å². The lowest BCUT2D eigenvalue weighted by Gasteiger charge is -2.35. The van der Waals surface area contributed by atoms with Crippen LogP contribution in [0.1, 0.15) is 59.8 Å². The molecule has 3 aliphatic rings. The number of rotatable bonds is 4. The van der Waals surface area contributed by atoms with E-state index in [0.29, 0.717) is 29.1 Å². The van der Waals surface area contributed by atoms with Crippen molar-refractivity contribution >= 4 is 29.9 Å². The first kappa shape index (κ1) is 22.2. The van der Waals surface area contributed by atoms with Crippen LogP contribution in [0.3, 0.4) is 0 Å². The van der Waals surface area contributed by atoms with Crippen LogP contribution in [0.15, 0.2) is 4.99 Å². The molecular weight excluding hydrogens is 441 g/mol. The third kappa shape index (κ3) is 4.66. The summed E-state index contributed by atoms with van der Waals surface area (Å²) in [5, 5.41) is 3.70. The van der Waals surface area contributed by atoms with E-state index < -0.39 is 0 Å². The molecule has 2 saturated heterocycles. The van der Waals surface area contributed by atoms with Gasteiger partial charge in [0, 0.05) is 32.8 Å². The number of ether oxygens (including phenoxy) is 2. The van der Waals surface area contributed by atoms with Crippen molar-refractivity contribution in [2.75, 3.05) is 33.4 Å². The van der Waals surface area contributed by atoms with Gasteiger partial charge in [-0.15, -0.1) is 24.0 Å². The molecule has 1 saturated carbocycles. The molecule has 0 aromatic rings. The first-order valence-corrected chi connectivity index (χ1v) is 10.1. The molecule has 2 heterocycles. The summed E-state index contributed by atoms with van der Waals surface area (Å²) in [5.74, 6) is 1.05. The number of guanidine groups is 1. The van der Waals surface area contributed by atoms with Crippen LogP contribution in [-0.4, -0.2) is 62.5 Å². The topological polar surface area (TPSA) is 46.1 Å². The number of likely N-dealkylation sites (tertiary alicyclic amines) is 1. The van der Waals surface area contributed by atoms with Gasteiger partial charge in [0.1, 0.15) is 0 Å². The molecule has 1 aliphatic carbocycles. The van der Waals surface area contributed by atoms with E-state index in [4.69, 9.17) is 9.47 Å². The van der Waals surface area contributed by atoms with Gasteiger partial charge >= 0.3 is 0 Å². The zero-order valence-electron chi connectivity index (χ0n) is 17.2. The SMILES string of the molecule is CN=C(NC1C(C)(C)C1(C)C)N1CCC(OCC2CCCCO2)CC1.I. The maximum atomic E-state index is 6.13. The number of piperidine rings is 1. The molecule has 26 heavy (non-hydrogen) atoms. The highest BCUT2D eigenvalue weighted by Crippen LogP contribution is 2.62. The fraction of sp³-hybridized carbons (Fsp3) is 0.950. The molecule has 0 bridgehead atoms. The van der Waals surface area contributed by atoms with Crippen LogP contribution in [0.4, 0.5) is 0 Å². The summed E-state index contributed by atoms with van der Waals surface area (Å²) in [6.07, 6.45) is 6.48. The van der Waals surface area contributed by atoms with Crippen LogP contribution < -0.4 is 5.32 Å². The molecule has 152 valence electrons. The minimum Gasteiger partial charge on any atom is -0.376 e. The Hall–Kier alpha value is -0.0800. The number of halogens is 1. The molecule has 6 heteroatoms. The molecule has 1 atom stereocenters. The van der Waals surface area contributed by atoms with Crippen LogP contribution in [0.2, 0.25) is 0 Å². The minimum atomic E-state index is 0. The van der Waals surface area contributed by atoms with E-state index in [9.17, 15) is 0 Å². The van der Waals surface area contributed by atoms with Gasteiger partial charge in [-0.2, -0.15) is 0 Å². The number of nitrogens with zero attached hydrogens (tertiary/aromatic N) is 2. The van der Waals surface area contributed by atoms with Gasteiger partial charge in [0.05, 0.1) is 18.8 Å². The quantitative estimate of drug-likeness (QED) is 0.380. The highest BCUT2D eigenvalue weighted by molar-refractivity contribution is 14.0. The number of hydrogen-bond acceptors (Lipinski definition) is 3. The second-order valence-electron chi connectivity index (χ2n) is 9.08. The Morgan fingerprint density at radius 1 is 1.12 bits per heavy atom. The normalized spacial score (nSPS) is 29.2. The minimum absolute atomic E-state index is 0. The zero-order chi connectivity index (χ0) is 18.1. The van der Waals surface area contributed by atoms with Crippen LogP contribution in [-0.2, 0) is 9.47 Å². The lowest BCUT2D eigenvalue weighted by atomic mass is 10.0. The monoisotopic (exact) mass is 479 g/mol. The maximum absolute atomic E-state index is 6.13. The second kappa shape index (κ2) is 8.95. The van der Waals surface area contributed by atoms with Gasteiger partial charge in [0.15, 0.2) is 5.96 Å². The predicted octanol–water partition coefficient (Wildman–Crippen LogP) is 3.66. The lowest BCUT2D eigenvalue weighted by molar-refractivity contribution is -0.0721. The standard InChI is InChI=1S/C20H37N3O2.HI/c1-19(2)17(20(19,3)4)22-18(21-5)23-11-9-15(10-12-23)25-14-16-8-6-7-13-24-16;/h15-17H,6-14H2,1-5H3,(H,21,22);1H. The zero-order valence-corrected chi connectivity index (χ0v) is 19.5. The molecule has 3 fully saturated rings. The maximum Gasteiger partial charge on any atom is 0.193 e. The molecule has 1 N–H and O–H groups in total. The highest BCUT2D eigenvalue weighted by atomic mass is 127. The molecule has 3 rings (SSSR count). The van der Waals surface area contributed by atoms with Gasteiger partial charge in [-0.05, 0) is 42.9 Å². The van der Waals surface area contributed by atoms with Gasteiger partial charge in [0.25, 0.3) is 0 Å².